The van der Waals surface area contributed by atoms with Gasteiger partial charge in [-0.25, -0.2) is 4.98 Å². The predicted octanol–water partition coefficient (Wildman–Crippen LogP) is 4.51. The van der Waals surface area contributed by atoms with Crippen LogP contribution in [-0.4, -0.2) is 35.4 Å². The summed E-state index contributed by atoms with van der Waals surface area (Å²) in [5.74, 6) is -0.0951. The van der Waals surface area contributed by atoms with Crippen LogP contribution >= 0.6 is 11.3 Å². The average Bonchev–Trinajstić information content (AvgIpc) is 3.13. The minimum Gasteiger partial charge on any atom is -0.351 e. The van der Waals surface area contributed by atoms with E-state index in [1.807, 2.05) is 42.5 Å². The maximum Gasteiger partial charge on any atom is 0.244 e. The summed E-state index contributed by atoms with van der Waals surface area (Å²) in [5, 5.41) is 3.89. The van der Waals surface area contributed by atoms with E-state index in [9.17, 15) is 4.79 Å². The maximum absolute atomic E-state index is 12.3. The first-order valence-corrected chi connectivity index (χ1v) is 10.1. The zero-order chi connectivity index (χ0) is 19.1. The van der Waals surface area contributed by atoms with Crippen LogP contribution in [0.25, 0.3) is 16.3 Å². The third kappa shape index (κ3) is 5.02. The summed E-state index contributed by atoms with van der Waals surface area (Å²) in [6.45, 7) is 6.75. The van der Waals surface area contributed by atoms with Gasteiger partial charge in [-0.15, -0.1) is 11.3 Å². The van der Waals surface area contributed by atoms with E-state index >= 15 is 0 Å². The molecule has 3 rings (SSSR count). The number of fused-ring (bicyclic) bond motifs is 1. The van der Waals surface area contributed by atoms with Gasteiger partial charge in [0.05, 0.1) is 16.3 Å². The molecule has 1 amide bonds. The average molecular weight is 380 g/mol. The van der Waals surface area contributed by atoms with Gasteiger partial charge in [0, 0.05) is 12.6 Å². The highest BCUT2D eigenvalue weighted by atomic mass is 32.1. The fourth-order valence-electron chi connectivity index (χ4n) is 3.16. The molecule has 0 saturated carbocycles. The molecule has 1 N–H and O–H groups in total. The van der Waals surface area contributed by atoms with Crippen molar-refractivity contribution in [3.8, 4) is 0 Å². The molecule has 27 heavy (non-hydrogen) atoms. The molecule has 0 aliphatic rings. The second kappa shape index (κ2) is 9.44. The van der Waals surface area contributed by atoms with E-state index < -0.39 is 0 Å². The molecule has 5 heteroatoms. The predicted molar refractivity (Wildman–Crippen MR) is 114 cm³/mol. The number of carbonyl (C=O) groups excluding carboxylic acids is 1. The number of hydrogen-bond donors (Lipinski definition) is 1. The maximum atomic E-state index is 12.3. The Balaban J connectivity index is 1.64. The lowest BCUT2D eigenvalue weighted by Crippen LogP contribution is -2.37. The number of carbonyl (C=O) groups is 1. The molecule has 0 spiro atoms. The van der Waals surface area contributed by atoms with Crippen LogP contribution < -0.4 is 5.32 Å². The van der Waals surface area contributed by atoms with Crippen LogP contribution in [0.3, 0.4) is 0 Å². The van der Waals surface area contributed by atoms with Gasteiger partial charge in [-0.3, -0.25) is 9.69 Å². The normalized spacial score (nSPS) is 12.7. The van der Waals surface area contributed by atoms with Crippen molar-refractivity contribution in [2.24, 2.45) is 0 Å². The van der Waals surface area contributed by atoms with Crippen molar-refractivity contribution in [1.29, 1.82) is 0 Å². The highest BCUT2D eigenvalue weighted by molar-refractivity contribution is 7.19. The quantitative estimate of drug-likeness (QED) is 0.586. The van der Waals surface area contributed by atoms with Crippen LogP contribution in [0, 0.1) is 0 Å². The molecule has 1 aromatic heterocycles. The smallest absolute Gasteiger partial charge is 0.244 e. The Morgan fingerprint density at radius 2 is 1.81 bits per heavy atom. The first-order valence-electron chi connectivity index (χ1n) is 9.31. The topological polar surface area (TPSA) is 45.2 Å². The van der Waals surface area contributed by atoms with Gasteiger partial charge in [0.15, 0.2) is 0 Å². The van der Waals surface area contributed by atoms with Crippen molar-refractivity contribution in [3.05, 3.63) is 71.2 Å². The molecule has 1 unspecified atom stereocenters. The third-order valence-corrected chi connectivity index (χ3v) is 5.60. The Bertz CT molecular complexity index is 867. The molecule has 0 aliphatic carbocycles. The van der Waals surface area contributed by atoms with E-state index in [1.54, 1.807) is 23.5 Å². The van der Waals surface area contributed by atoms with Crippen LogP contribution in [0.4, 0.5) is 0 Å². The number of nitrogens with one attached hydrogen (secondary N) is 1. The number of likely N-dealkylation sites (N-methyl/N-ethyl adjacent to an activating group) is 1. The fourth-order valence-corrected chi connectivity index (χ4v) is 4.03. The lowest BCUT2D eigenvalue weighted by molar-refractivity contribution is -0.116. The lowest BCUT2D eigenvalue weighted by Gasteiger charge is -2.30. The van der Waals surface area contributed by atoms with Gasteiger partial charge < -0.3 is 5.32 Å². The minimum absolute atomic E-state index is 0.0951. The molecule has 2 aromatic carbocycles. The van der Waals surface area contributed by atoms with Gasteiger partial charge in [-0.05, 0) is 36.9 Å². The number of aromatic nitrogens is 1. The lowest BCUT2D eigenvalue weighted by atomic mass is 10.1. The molecule has 1 heterocycles. The third-order valence-electron chi connectivity index (χ3n) is 4.59. The van der Waals surface area contributed by atoms with Gasteiger partial charge in [0.2, 0.25) is 5.91 Å². The zero-order valence-corrected chi connectivity index (χ0v) is 16.6. The van der Waals surface area contributed by atoms with E-state index in [-0.39, 0.29) is 11.9 Å². The Labute approximate surface area is 164 Å². The van der Waals surface area contributed by atoms with Crippen molar-refractivity contribution in [3.63, 3.8) is 0 Å². The van der Waals surface area contributed by atoms with Gasteiger partial charge in [0.25, 0.3) is 0 Å². The SMILES string of the molecule is CCN(CC)C(CNC(=O)/C=C/c1nc2ccccc2s1)c1ccccc1. The van der Waals surface area contributed by atoms with Crippen molar-refractivity contribution < 1.29 is 4.79 Å². The molecule has 140 valence electrons. The Morgan fingerprint density at radius 3 is 2.52 bits per heavy atom. The van der Waals surface area contributed by atoms with Crippen molar-refractivity contribution in [1.82, 2.24) is 15.2 Å². The van der Waals surface area contributed by atoms with Crippen LogP contribution in [-0.2, 0) is 4.79 Å². The largest absolute Gasteiger partial charge is 0.351 e. The Hall–Kier alpha value is -2.50. The number of thiazole rings is 1. The summed E-state index contributed by atoms with van der Waals surface area (Å²) in [7, 11) is 0. The Kier molecular flexibility index (Phi) is 6.74. The van der Waals surface area contributed by atoms with Crippen molar-refractivity contribution in [2.75, 3.05) is 19.6 Å². The van der Waals surface area contributed by atoms with Gasteiger partial charge in [-0.2, -0.15) is 0 Å². The molecule has 3 aromatic rings. The molecule has 0 radical (unpaired) electrons. The van der Waals surface area contributed by atoms with Crippen LogP contribution in [0.5, 0.6) is 0 Å². The molecule has 1 atom stereocenters. The van der Waals surface area contributed by atoms with Crippen LogP contribution in [0.1, 0.15) is 30.5 Å². The standard InChI is InChI=1S/C22H25N3OS/c1-3-25(4-2)19(17-10-6-5-7-11-17)16-23-21(26)14-15-22-24-18-12-8-9-13-20(18)27-22/h5-15,19H,3-4,16H2,1-2H3,(H,23,26)/b15-14+. The molecular formula is C22H25N3OS. The van der Waals surface area contributed by atoms with E-state index in [2.05, 4.69) is 41.2 Å². The Morgan fingerprint density at radius 1 is 1.11 bits per heavy atom. The molecule has 0 bridgehead atoms. The van der Waals surface area contributed by atoms with Crippen molar-refractivity contribution >= 4 is 33.5 Å². The summed E-state index contributed by atoms with van der Waals surface area (Å²) in [5.41, 5.74) is 2.19. The van der Waals surface area contributed by atoms with Crippen LogP contribution in [0.2, 0.25) is 0 Å². The van der Waals surface area contributed by atoms with Crippen LogP contribution in [0.15, 0.2) is 60.7 Å². The zero-order valence-electron chi connectivity index (χ0n) is 15.8. The number of nitrogens with zero attached hydrogens (tertiary/aromatic N) is 2. The molecule has 0 fully saturated rings. The summed E-state index contributed by atoms with van der Waals surface area (Å²) in [6.07, 6.45) is 3.36. The van der Waals surface area contributed by atoms with Gasteiger partial charge >= 0.3 is 0 Å². The summed E-state index contributed by atoms with van der Waals surface area (Å²) < 4.78 is 1.13. The summed E-state index contributed by atoms with van der Waals surface area (Å²) in [4.78, 5) is 19.2. The number of rotatable bonds is 8. The fraction of sp³-hybridized carbons (Fsp3) is 0.273. The number of amides is 1. The van der Waals surface area contributed by atoms with Crippen molar-refractivity contribution in [2.45, 2.75) is 19.9 Å². The first kappa shape index (κ1) is 19.3. The summed E-state index contributed by atoms with van der Waals surface area (Å²) in [6, 6.07) is 18.5. The number of benzene rings is 2. The molecule has 0 saturated heterocycles. The molecule has 4 nitrogen and oxygen atoms in total. The van der Waals surface area contributed by atoms with Gasteiger partial charge in [-0.1, -0.05) is 56.3 Å². The second-order valence-electron chi connectivity index (χ2n) is 6.25. The van der Waals surface area contributed by atoms with Gasteiger partial charge in [0.1, 0.15) is 5.01 Å². The van der Waals surface area contributed by atoms with E-state index in [0.29, 0.717) is 6.54 Å². The monoisotopic (exact) mass is 379 g/mol. The van der Waals surface area contributed by atoms with E-state index in [4.69, 9.17) is 0 Å². The summed E-state index contributed by atoms with van der Waals surface area (Å²) >= 11 is 1.59. The van der Waals surface area contributed by atoms with E-state index in [1.165, 1.54) is 5.56 Å². The second-order valence-corrected chi connectivity index (χ2v) is 7.31. The highest BCUT2D eigenvalue weighted by Gasteiger charge is 2.18. The molecular weight excluding hydrogens is 354 g/mol. The molecule has 0 aliphatic heterocycles. The van der Waals surface area contributed by atoms with E-state index in [0.717, 1.165) is 28.3 Å². The minimum atomic E-state index is -0.0951. The first-order chi connectivity index (χ1) is 13.2. The number of hydrogen-bond acceptors (Lipinski definition) is 4. The number of para-hydroxylation sites is 1. The highest BCUT2D eigenvalue weighted by Crippen LogP contribution is 2.22.